The van der Waals surface area contributed by atoms with Gasteiger partial charge in [0, 0.05) is 18.7 Å². The molecule has 0 saturated heterocycles. The van der Waals surface area contributed by atoms with Crippen molar-refractivity contribution in [1.82, 2.24) is 0 Å². The van der Waals surface area contributed by atoms with E-state index in [1.807, 2.05) is 27.0 Å². The van der Waals surface area contributed by atoms with Crippen LogP contribution in [0.1, 0.15) is 48.0 Å². The van der Waals surface area contributed by atoms with Gasteiger partial charge >= 0.3 is 0 Å². The molecule has 3 rings (SSSR count). The molecule has 0 aromatic heterocycles. The van der Waals surface area contributed by atoms with E-state index in [0.29, 0.717) is 18.4 Å². The summed E-state index contributed by atoms with van der Waals surface area (Å²) in [5.74, 6) is 0.821. The summed E-state index contributed by atoms with van der Waals surface area (Å²) in [6.45, 7) is 13.5. The van der Waals surface area contributed by atoms with E-state index in [0.717, 1.165) is 6.42 Å². The van der Waals surface area contributed by atoms with E-state index in [1.165, 1.54) is 10.4 Å². The van der Waals surface area contributed by atoms with Crippen LogP contribution in [0.4, 0.5) is 0 Å². The smallest absolute Gasteiger partial charge is 0.261 e. The number of hydrogen-bond donors (Lipinski definition) is 0. The molecular weight excluding hydrogens is 406 g/mol. The van der Waals surface area contributed by atoms with Crippen LogP contribution in [0.2, 0.25) is 5.04 Å². The van der Waals surface area contributed by atoms with Crippen LogP contribution in [-0.2, 0) is 15.4 Å². The predicted molar refractivity (Wildman–Crippen MR) is 132 cm³/mol. The minimum atomic E-state index is -2.48. The second-order valence-electron chi connectivity index (χ2n) is 10.2. The van der Waals surface area contributed by atoms with Crippen LogP contribution in [0.3, 0.4) is 0 Å². The second-order valence-corrected chi connectivity index (χ2v) is 16.5. The van der Waals surface area contributed by atoms with Crippen LogP contribution >= 0.6 is 0 Å². The second kappa shape index (κ2) is 8.89. The fraction of sp³-hybridized carbons (Fsp3) is 0.480. The van der Waals surface area contributed by atoms with E-state index >= 15 is 0 Å². The lowest BCUT2D eigenvalue weighted by molar-refractivity contribution is 0.278. The van der Waals surface area contributed by atoms with Gasteiger partial charge in [-0.1, -0.05) is 81.4 Å². The molecule has 1 saturated carbocycles. The zero-order valence-corrected chi connectivity index (χ0v) is 20.9. The Balaban J connectivity index is 1.83. The Morgan fingerprint density at radius 2 is 1.47 bits per heavy atom. The fourth-order valence-electron chi connectivity index (χ4n) is 3.93. The molecule has 162 valence electrons. The summed E-state index contributed by atoms with van der Waals surface area (Å²) >= 11 is 0. The van der Waals surface area contributed by atoms with Gasteiger partial charge in [-0.3, -0.25) is 0 Å². The van der Waals surface area contributed by atoms with Crippen molar-refractivity contribution < 1.29 is 8.63 Å². The summed E-state index contributed by atoms with van der Waals surface area (Å²) in [4.78, 5) is 0. The molecule has 30 heavy (non-hydrogen) atoms. The summed E-state index contributed by atoms with van der Waals surface area (Å²) in [6.07, 6.45) is 2.96. The van der Waals surface area contributed by atoms with Crippen molar-refractivity contribution >= 4 is 35.9 Å². The Labute approximate surface area is 185 Å². The van der Waals surface area contributed by atoms with Crippen molar-refractivity contribution in [3.05, 3.63) is 60.7 Å². The van der Waals surface area contributed by atoms with Gasteiger partial charge in [-0.15, -0.1) is 0 Å². The van der Waals surface area contributed by atoms with Crippen LogP contribution < -0.4 is 10.4 Å². The molecule has 1 aliphatic rings. The molecule has 0 N–H and O–H groups in total. The maximum atomic E-state index is 12.2. The lowest BCUT2D eigenvalue weighted by atomic mass is 10.2. The van der Waals surface area contributed by atoms with Crippen LogP contribution in [0.5, 0.6) is 0 Å². The van der Waals surface area contributed by atoms with Gasteiger partial charge in [0.15, 0.2) is 0 Å². The third kappa shape index (κ3) is 5.01. The molecule has 0 aliphatic heterocycles. The standard InChI is InChI=1S/C25H35NO2SSi/c1-24(2,3)29(27)26-18-20-17-21(20)19-28-30(25(4,5)6,22-13-9-7-10-14-22)23-15-11-8-12-16-23/h7-16,18,20-21H,17,19H2,1-6H3/b26-18+/t20-,21-,29?/m1/s1. The highest BCUT2D eigenvalue weighted by Crippen LogP contribution is 2.41. The Kier molecular flexibility index (Phi) is 6.85. The maximum Gasteiger partial charge on any atom is 0.261 e. The quantitative estimate of drug-likeness (QED) is 0.460. The molecule has 3 atom stereocenters. The van der Waals surface area contributed by atoms with Crippen molar-refractivity contribution in [3.8, 4) is 0 Å². The summed E-state index contributed by atoms with van der Waals surface area (Å²) in [5, 5.41) is 2.61. The monoisotopic (exact) mass is 441 g/mol. The minimum Gasteiger partial charge on any atom is -0.407 e. The lowest BCUT2D eigenvalue weighted by Gasteiger charge is -2.43. The van der Waals surface area contributed by atoms with Gasteiger partial charge in [0.25, 0.3) is 8.32 Å². The Hall–Kier alpha value is -1.56. The molecule has 1 fully saturated rings. The highest BCUT2D eigenvalue weighted by atomic mass is 32.2. The van der Waals surface area contributed by atoms with E-state index < -0.39 is 19.3 Å². The molecule has 0 heterocycles. The normalized spacial score (nSPS) is 21.0. The number of rotatable bonds is 7. The first-order valence-corrected chi connectivity index (χ1v) is 13.8. The molecule has 0 spiro atoms. The molecular formula is C25H35NO2SSi. The van der Waals surface area contributed by atoms with Crippen molar-refractivity contribution in [2.75, 3.05) is 6.61 Å². The van der Waals surface area contributed by atoms with E-state index in [-0.39, 0.29) is 9.79 Å². The number of benzene rings is 2. The van der Waals surface area contributed by atoms with E-state index in [1.54, 1.807) is 0 Å². The van der Waals surface area contributed by atoms with E-state index in [9.17, 15) is 4.21 Å². The maximum absolute atomic E-state index is 12.2. The van der Waals surface area contributed by atoms with Crippen LogP contribution in [-0.4, -0.2) is 30.1 Å². The fourth-order valence-corrected chi connectivity index (χ4v) is 9.13. The SMILES string of the molecule is CC(C)(C)S(=O)/N=C/[C@H]1C[C@@H]1CO[Si](c1ccccc1)(c1ccccc1)C(C)(C)C. The van der Waals surface area contributed by atoms with Gasteiger partial charge in [-0.2, -0.15) is 4.40 Å². The van der Waals surface area contributed by atoms with Crippen molar-refractivity contribution in [2.45, 2.75) is 57.7 Å². The van der Waals surface area contributed by atoms with Gasteiger partial charge < -0.3 is 4.43 Å². The first kappa shape index (κ1) is 23.1. The van der Waals surface area contributed by atoms with Crippen molar-refractivity contribution in [3.63, 3.8) is 0 Å². The van der Waals surface area contributed by atoms with Crippen molar-refractivity contribution in [2.24, 2.45) is 16.2 Å². The molecule has 2 aromatic rings. The zero-order valence-electron chi connectivity index (χ0n) is 19.1. The first-order chi connectivity index (χ1) is 14.1. The third-order valence-electron chi connectivity index (χ3n) is 5.78. The molecule has 3 nitrogen and oxygen atoms in total. The van der Waals surface area contributed by atoms with E-state index in [4.69, 9.17) is 4.43 Å². The Morgan fingerprint density at radius 3 is 1.90 bits per heavy atom. The first-order valence-electron chi connectivity index (χ1n) is 10.8. The average Bonchev–Trinajstić information content (AvgIpc) is 3.45. The Bertz CT molecular complexity index is 845. The lowest BCUT2D eigenvalue weighted by Crippen LogP contribution is -2.66. The van der Waals surface area contributed by atoms with Crippen LogP contribution in [0.25, 0.3) is 0 Å². The summed E-state index contributed by atoms with van der Waals surface area (Å²) in [6, 6.07) is 21.5. The van der Waals surface area contributed by atoms with Crippen LogP contribution in [0.15, 0.2) is 65.1 Å². The zero-order chi connectivity index (χ0) is 22.0. The van der Waals surface area contributed by atoms with E-state index in [2.05, 4.69) is 85.8 Å². The molecule has 1 aliphatic carbocycles. The summed E-state index contributed by atoms with van der Waals surface area (Å²) < 4.78 is 23.2. The molecule has 0 bridgehead atoms. The summed E-state index contributed by atoms with van der Waals surface area (Å²) in [5.41, 5.74) is 0. The minimum absolute atomic E-state index is 0.0120. The van der Waals surface area contributed by atoms with Gasteiger partial charge in [0.05, 0.1) is 4.75 Å². The molecule has 0 amide bonds. The van der Waals surface area contributed by atoms with Gasteiger partial charge in [0.2, 0.25) is 0 Å². The third-order valence-corrected chi connectivity index (χ3v) is 12.1. The molecule has 5 heteroatoms. The topological polar surface area (TPSA) is 38.7 Å². The summed E-state index contributed by atoms with van der Waals surface area (Å²) in [7, 11) is -3.67. The highest BCUT2D eigenvalue weighted by Gasteiger charge is 2.51. The molecule has 1 unspecified atom stereocenters. The largest absolute Gasteiger partial charge is 0.407 e. The predicted octanol–water partition coefficient (Wildman–Crippen LogP) is 4.73. The average molecular weight is 442 g/mol. The molecule has 0 radical (unpaired) electrons. The van der Waals surface area contributed by atoms with Crippen molar-refractivity contribution in [1.29, 1.82) is 0 Å². The van der Waals surface area contributed by atoms with Crippen LogP contribution in [0, 0.1) is 11.8 Å². The Morgan fingerprint density at radius 1 is 0.967 bits per heavy atom. The molecule has 2 aromatic carbocycles. The van der Waals surface area contributed by atoms with Gasteiger partial charge in [-0.05, 0) is 48.5 Å². The van der Waals surface area contributed by atoms with Gasteiger partial charge in [-0.25, -0.2) is 4.21 Å². The number of hydrogen-bond acceptors (Lipinski definition) is 2. The number of nitrogens with zero attached hydrogens (tertiary/aromatic N) is 1. The highest BCUT2D eigenvalue weighted by molar-refractivity contribution is 7.85. The van der Waals surface area contributed by atoms with Gasteiger partial charge in [0.1, 0.15) is 11.0 Å².